The second-order valence-corrected chi connectivity index (χ2v) is 6.05. The number of aliphatic imine (C=N–C) groups is 1. The predicted molar refractivity (Wildman–Crippen MR) is 101 cm³/mol. The number of nitrogens with one attached hydrogen (secondary N) is 2. The van der Waals surface area contributed by atoms with Gasteiger partial charge < -0.3 is 20.3 Å². The molecule has 2 rings (SSSR count). The molecule has 0 spiro atoms. The van der Waals surface area contributed by atoms with Crippen LogP contribution in [0.5, 0.6) is 5.75 Å². The molecule has 0 saturated heterocycles. The summed E-state index contributed by atoms with van der Waals surface area (Å²) in [5, 5.41) is 11.0. The quantitative estimate of drug-likeness (QED) is 0.587. The number of rotatable bonds is 7. The van der Waals surface area contributed by atoms with Crippen molar-refractivity contribution in [1.29, 1.82) is 0 Å². The monoisotopic (exact) mass is 344 g/mol. The molecule has 1 unspecified atom stereocenters. The van der Waals surface area contributed by atoms with Crippen LogP contribution in [0.25, 0.3) is 0 Å². The first-order chi connectivity index (χ1) is 12.0. The van der Waals surface area contributed by atoms with Gasteiger partial charge in [-0.3, -0.25) is 9.67 Å². The molecule has 7 nitrogen and oxygen atoms in total. The molecule has 1 aromatic carbocycles. The van der Waals surface area contributed by atoms with E-state index >= 15 is 0 Å². The highest BCUT2D eigenvalue weighted by Gasteiger charge is 2.16. The van der Waals surface area contributed by atoms with Crippen LogP contribution in [0, 0.1) is 0 Å². The van der Waals surface area contributed by atoms with Gasteiger partial charge in [0.1, 0.15) is 5.75 Å². The molecule has 136 valence electrons. The van der Waals surface area contributed by atoms with E-state index in [1.807, 2.05) is 48.4 Å². The highest BCUT2D eigenvalue weighted by atomic mass is 16.5. The van der Waals surface area contributed by atoms with Gasteiger partial charge in [0.05, 0.1) is 19.3 Å². The van der Waals surface area contributed by atoms with Gasteiger partial charge in [0, 0.05) is 44.5 Å². The molecule has 0 fully saturated rings. The second kappa shape index (κ2) is 9.08. The number of ether oxygens (including phenoxy) is 1. The maximum absolute atomic E-state index is 5.38. The van der Waals surface area contributed by atoms with Crippen molar-refractivity contribution in [1.82, 2.24) is 25.3 Å². The molecule has 2 aromatic rings. The average Bonchev–Trinajstić information content (AvgIpc) is 3.03. The van der Waals surface area contributed by atoms with Crippen LogP contribution in [-0.4, -0.2) is 55.4 Å². The normalized spacial score (nSPS) is 13.0. The molecule has 25 heavy (non-hydrogen) atoms. The Kier molecular flexibility index (Phi) is 6.82. The minimum absolute atomic E-state index is 0.207. The number of methoxy groups -OCH3 is 1. The average molecular weight is 344 g/mol. The summed E-state index contributed by atoms with van der Waals surface area (Å²) in [4.78, 5) is 6.47. The Labute approximate surface area is 149 Å². The second-order valence-electron chi connectivity index (χ2n) is 6.05. The highest BCUT2D eigenvalue weighted by Crippen LogP contribution is 2.17. The third-order valence-corrected chi connectivity index (χ3v) is 4.06. The highest BCUT2D eigenvalue weighted by molar-refractivity contribution is 5.79. The number of hydrogen-bond donors (Lipinski definition) is 2. The molecule has 0 aliphatic rings. The minimum atomic E-state index is 0.207. The van der Waals surface area contributed by atoms with Crippen LogP contribution in [0.15, 0.2) is 41.7 Å². The zero-order valence-electron chi connectivity index (χ0n) is 15.7. The molecule has 0 amide bonds. The van der Waals surface area contributed by atoms with Crippen molar-refractivity contribution in [3.05, 3.63) is 47.8 Å². The first-order valence-electron chi connectivity index (χ1n) is 8.26. The fourth-order valence-electron chi connectivity index (χ4n) is 2.65. The molecule has 0 aliphatic carbocycles. The lowest BCUT2D eigenvalue weighted by Gasteiger charge is -2.24. The largest absolute Gasteiger partial charge is 0.496 e. The fourth-order valence-corrected chi connectivity index (χ4v) is 2.65. The van der Waals surface area contributed by atoms with E-state index in [-0.39, 0.29) is 6.04 Å². The summed E-state index contributed by atoms with van der Waals surface area (Å²) in [6, 6.07) is 8.17. The van der Waals surface area contributed by atoms with Crippen molar-refractivity contribution in [2.45, 2.75) is 12.6 Å². The van der Waals surface area contributed by atoms with Crippen LogP contribution < -0.4 is 15.4 Å². The van der Waals surface area contributed by atoms with Gasteiger partial charge in [0.2, 0.25) is 0 Å². The maximum Gasteiger partial charge on any atom is 0.191 e. The van der Waals surface area contributed by atoms with E-state index in [9.17, 15) is 0 Å². The van der Waals surface area contributed by atoms with Crippen molar-refractivity contribution < 1.29 is 4.74 Å². The molecular weight excluding hydrogens is 316 g/mol. The molecule has 1 heterocycles. The zero-order chi connectivity index (χ0) is 18.2. The first kappa shape index (κ1) is 18.8. The third kappa shape index (κ3) is 5.22. The number of para-hydroxylation sites is 1. The van der Waals surface area contributed by atoms with Gasteiger partial charge >= 0.3 is 0 Å². The lowest BCUT2D eigenvalue weighted by Crippen LogP contribution is -2.41. The van der Waals surface area contributed by atoms with Gasteiger partial charge in [-0.1, -0.05) is 18.2 Å². The summed E-state index contributed by atoms with van der Waals surface area (Å²) in [7, 11) is 9.50. The molecule has 0 bridgehead atoms. The minimum Gasteiger partial charge on any atom is -0.496 e. The van der Waals surface area contributed by atoms with Crippen molar-refractivity contribution in [2.24, 2.45) is 12.0 Å². The van der Waals surface area contributed by atoms with Gasteiger partial charge in [0.15, 0.2) is 5.96 Å². The van der Waals surface area contributed by atoms with Gasteiger partial charge in [-0.2, -0.15) is 5.10 Å². The topological polar surface area (TPSA) is 66.7 Å². The number of benzene rings is 1. The van der Waals surface area contributed by atoms with E-state index in [1.54, 1.807) is 14.2 Å². The van der Waals surface area contributed by atoms with Crippen molar-refractivity contribution in [2.75, 3.05) is 34.8 Å². The number of hydrogen-bond acceptors (Lipinski definition) is 4. The standard InChI is InChI=1S/C18H28N6O/c1-19-18(20-10-14-8-6-7-9-17(14)25-5)21-12-16(23(2)3)15-11-22-24(4)13-15/h6-9,11,13,16H,10,12H2,1-5H3,(H2,19,20,21). The Morgan fingerprint density at radius 1 is 1.32 bits per heavy atom. The lowest BCUT2D eigenvalue weighted by atomic mass is 10.1. The van der Waals surface area contributed by atoms with Crippen LogP contribution in [0.3, 0.4) is 0 Å². The van der Waals surface area contributed by atoms with Crippen LogP contribution >= 0.6 is 0 Å². The number of likely N-dealkylation sites (N-methyl/N-ethyl adjacent to an activating group) is 1. The van der Waals surface area contributed by atoms with Crippen molar-refractivity contribution in [3.8, 4) is 5.75 Å². The lowest BCUT2D eigenvalue weighted by molar-refractivity contribution is 0.298. The molecule has 1 aromatic heterocycles. The molecule has 0 radical (unpaired) electrons. The number of nitrogens with zero attached hydrogens (tertiary/aromatic N) is 4. The van der Waals surface area contributed by atoms with Crippen molar-refractivity contribution >= 4 is 5.96 Å². The van der Waals surface area contributed by atoms with Crippen LogP contribution in [0.4, 0.5) is 0 Å². The fraction of sp³-hybridized carbons (Fsp3) is 0.444. The number of guanidine groups is 1. The molecule has 2 N–H and O–H groups in total. The summed E-state index contributed by atoms with van der Waals surface area (Å²) in [5.41, 5.74) is 2.25. The SMILES string of the molecule is CN=C(NCc1ccccc1OC)NCC(c1cnn(C)c1)N(C)C. The summed E-state index contributed by atoms with van der Waals surface area (Å²) in [6.07, 6.45) is 3.94. The van der Waals surface area contributed by atoms with E-state index in [1.165, 1.54) is 5.56 Å². The summed E-state index contributed by atoms with van der Waals surface area (Å²) >= 11 is 0. The Morgan fingerprint density at radius 2 is 2.08 bits per heavy atom. The van der Waals surface area contributed by atoms with Gasteiger partial charge in [-0.25, -0.2) is 0 Å². The molecule has 0 saturated carbocycles. The van der Waals surface area contributed by atoms with Crippen molar-refractivity contribution in [3.63, 3.8) is 0 Å². The molecule has 1 atom stereocenters. The van der Waals surface area contributed by atoms with E-state index < -0.39 is 0 Å². The Balaban J connectivity index is 1.95. The predicted octanol–water partition coefficient (Wildman–Crippen LogP) is 1.40. The van der Waals surface area contributed by atoms with E-state index in [0.29, 0.717) is 6.54 Å². The summed E-state index contributed by atoms with van der Waals surface area (Å²) in [5.74, 6) is 1.62. The van der Waals surface area contributed by atoms with Crippen LogP contribution in [0.2, 0.25) is 0 Å². The molecule has 0 aliphatic heterocycles. The number of aromatic nitrogens is 2. The zero-order valence-corrected chi connectivity index (χ0v) is 15.7. The first-order valence-corrected chi connectivity index (χ1v) is 8.26. The Bertz CT molecular complexity index is 694. The smallest absolute Gasteiger partial charge is 0.191 e. The summed E-state index contributed by atoms with van der Waals surface area (Å²) in [6.45, 7) is 1.37. The van der Waals surface area contributed by atoms with E-state index in [0.717, 1.165) is 23.8 Å². The van der Waals surface area contributed by atoms with E-state index in [4.69, 9.17) is 4.74 Å². The third-order valence-electron chi connectivity index (χ3n) is 4.06. The van der Waals surface area contributed by atoms with Gasteiger partial charge in [0.25, 0.3) is 0 Å². The number of aryl methyl sites for hydroxylation is 1. The van der Waals surface area contributed by atoms with Crippen LogP contribution in [0.1, 0.15) is 17.2 Å². The molecular formula is C18H28N6O. The molecule has 7 heteroatoms. The maximum atomic E-state index is 5.38. The van der Waals surface area contributed by atoms with Gasteiger partial charge in [-0.05, 0) is 20.2 Å². The Hall–Kier alpha value is -2.54. The summed E-state index contributed by atoms with van der Waals surface area (Å²) < 4.78 is 7.20. The van der Waals surface area contributed by atoms with Crippen LogP contribution in [-0.2, 0) is 13.6 Å². The van der Waals surface area contributed by atoms with Gasteiger partial charge in [-0.15, -0.1) is 0 Å². The Morgan fingerprint density at radius 3 is 2.68 bits per heavy atom. The van der Waals surface area contributed by atoms with E-state index in [2.05, 4.69) is 39.7 Å².